The monoisotopic (exact) mass is 347 g/mol. The highest BCUT2D eigenvalue weighted by molar-refractivity contribution is 5.95. The van der Waals surface area contributed by atoms with E-state index in [1.54, 1.807) is 24.3 Å². The molecule has 0 saturated carbocycles. The second-order valence-corrected chi connectivity index (χ2v) is 5.14. The molecule has 0 saturated heterocycles. The van der Waals surface area contributed by atoms with Crippen molar-refractivity contribution in [2.24, 2.45) is 5.73 Å². The summed E-state index contributed by atoms with van der Waals surface area (Å²) in [6.07, 6.45) is 0. The third-order valence-corrected chi connectivity index (χ3v) is 3.57. The molecule has 0 bridgehead atoms. The van der Waals surface area contributed by atoms with Crippen molar-refractivity contribution in [3.63, 3.8) is 0 Å². The van der Waals surface area contributed by atoms with Crippen LogP contribution in [-0.2, 0) is 4.79 Å². The smallest absolute Gasteiger partial charge is 0.330 e. The minimum atomic E-state index is -1.34. The fourth-order valence-corrected chi connectivity index (χ4v) is 2.28. The standard InChI is InChI=1S/C17H18FN3O4/c1-24-13-7-11(12(18)8-14(13)25-2)15(17(22)23)21-10-5-3-9(4-6-10)16(19)20/h3-8,15,21H,1-2H3,(H3,19,20)(H,22,23). The summed E-state index contributed by atoms with van der Waals surface area (Å²) in [5.41, 5.74) is 6.21. The summed E-state index contributed by atoms with van der Waals surface area (Å²) < 4.78 is 24.5. The summed E-state index contributed by atoms with van der Waals surface area (Å²) in [5, 5.41) is 19.6. The van der Waals surface area contributed by atoms with Gasteiger partial charge >= 0.3 is 5.97 Å². The first-order chi connectivity index (χ1) is 11.9. The number of nitrogens with two attached hydrogens (primary N) is 1. The van der Waals surface area contributed by atoms with Crippen molar-refractivity contribution in [1.29, 1.82) is 5.41 Å². The Labute approximate surface area is 143 Å². The zero-order valence-corrected chi connectivity index (χ0v) is 13.7. The molecule has 0 aliphatic carbocycles. The molecule has 5 N–H and O–H groups in total. The summed E-state index contributed by atoms with van der Waals surface area (Å²) >= 11 is 0. The molecule has 0 heterocycles. The van der Waals surface area contributed by atoms with Gasteiger partial charge in [0.05, 0.1) is 14.2 Å². The van der Waals surface area contributed by atoms with Crippen molar-refractivity contribution < 1.29 is 23.8 Å². The number of hydrogen-bond acceptors (Lipinski definition) is 5. The van der Waals surface area contributed by atoms with E-state index in [-0.39, 0.29) is 22.9 Å². The maximum Gasteiger partial charge on any atom is 0.330 e. The highest BCUT2D eigenvalue weighted by Gasteiger charge is 2.25. The number of halogens is 1. The van der Waals surface area contributed by atoms with Gasteiger partial charge in [-0.15, -0.1) is 0 Å². The van der Waals surface area contributed by atoms with Crippen LogP contribution in [0.4, 0.5) is 10.1 Å². The first-order valence-electron chi connectivity index (χ1n) is 7.22. The number of hydrogen-bond donors (Lipinski definition) is 4. The van der Waals surface area contributed by atoms with Gasteiger partial charge < -0.3 is 25.6 Å². The van der Waals surface area contributed by atoms with E-state index in [1.165, 1.54) is 20.3 Å². The molecule has 2 aromatic rings. The number of nitrogens with one attached hydrogen (secondary N) is 2. The number of rotatable bonds is 7. The Kier molecular flexibility index (Phi) is 5.43. The van der Waals surface area contributed by atoms with Crippen molar-refractivity contribution in [2.45, 2.75) is 6.04 Å². The lowest BCUT2D eigenvalue weighted by molar-refractivity contribution is -0.138. The van der Waals surface area contributed by atoms with Gasteiger partial charge in [0.25, 0.3) is 0 Å². The molecule has 8 heteroatoms. The zero-order chi connectivity index (χ0) is 18.6. The second-order valence-electron chi connectivity index (χ2n) is 5.14. The fraction of sp³-hybridized carbons (Fsp3) is 0.176. The van der Waals surface area contributed by atoms with E-state index in [9.17, 15) is 14.3 Å². The summed E-state index contributed by atoms with van der Waals surface area (Å²) in [5.74, 6) is -1.72. The van der Waals surface area contributed by atoms with Gasteiger partial charge in [0.2, 0.25) is 0 Å². The molecule has 132 valence electrons. The number of methoxy groups -OCH3 is 2. The number of benzene rings is 2. The Bertz CT molecular complexity index is 793. The van der Waals surface area contributed by atoms with Crippen LogP contribution in [0.2, 0.25) is 0 Å². The van der Waals surface area contributed by atoms with E-state index < -0.39 is 17.8 Å². The van der Waals surface area contributed by atoms with Crippen LogP contribution in [0.15, 0.2) is 36.4 Å². The topological polar surface area (TPSA) is 118 Å². The van der Waals surface area contributed by atoms with E-state index >= 15 is 0 Å². The quantitative estimate of drug-likeness (QED) is 0.451. The minimum Gasteiger partial charge on any atom is -0.493 e. The van der Waals surface area contributed by atoms with Gasteiger partial charge in [0, 0.05) is 22.9 Å². The van der Waals surface area contributed by atoms with Gasteiger partial charge in [-0.1, -0.05) is 0 Å². The molecule has 0 aliphatic heterocycles. The van der Waals surface area contributed by atoms with Crippen molar-refractivity contribution in [1.82, 2.24) is 0 Å². The van der Waals surface area contributed by atoms with E-state index in [4.69, 9.17) is 20.6 Å². The van der Waals surface area contributed by atoms with Crippen LogP contribution in [0.5, 0.6) is 11.5 Å². The molecule has 25 heavy (non-hydrogen) atoms. The summed E-state index contributed by atoms with van der Waals surface area (Å²) in [6, 6.07) is 7.26. The summed E-state index contributed by atoms with van der Waals surface area (Å²) in [4.78, 5) is 11.6. The number of aliphatic carboxylic acids is 1. The average molecular weight is 347 g/mol. The minimum absolute atomic E-state index is 0.0965. The van der Waals surface area contributed by atoms with Crippen LogP contribution in [0.3, 0.4) is 0 Å². The Morgan fingerprint density at radius 3 is 2.24 bits per heavy atom. The number of nitrogen functional groups attached to an aromatic ring is 1. The molecular weight excluding hydrogens is 329 g/mol. The van der Waals surface area contributed by atoms with Crippen LogP contribution < -0.4 is 20.5 Å². The van der Waals surface area contributed by atoms with E-state index in [1.807, 2.05) is 0 Å². The van der Waals surface area contributed by atoms with Crippen LogP contribution in [0.25, 0.3) is 0 Å². The van der Waals surface area contributed by atoms with Gasteiger partial charge in [-0.05, 0) is 30.3 Å². The van der Waals surface area contributed by atoms with Crippen LogP contribution in [0, 0.1) is 11.2 Å². The molecule has 1 unspecified atom stereocenters. The molecule has 7 nitrogen and oxygen atoms in total. The predicted octanol–water partition coefficient (Wildman–Crippen LogP) is 2.36. The zero-order valence-electron chi connectivity index (χ0n) is 13.7. The fourth-order valence-electron chi connectivity index (χ4n) is 2.28. The van der Waals surface area contributed by atoms with E-state index in [2.05, 4.69) is 5.32 Å². The van der Waals surface area contributed by atoms with Gasteiger partial charge in [-0.3, -0.25) is 5.41 Å². The number of carbonyl (C=O) groups is 1. The van der Waals surface area contributed by atoms with Gasteiger partial charge in [0.1, 0.15) is 11.7 Å². The average Bonchev–Trinajstić information content (AvgIpc) is 2.59. The maximum atomic E-state index is 14.4. The van der Waals surface area contributed by atoms with Crippen molar-refractivity contribution in [3.05, 3.63) is 53.3 Å². The first kappa shape index (κ1) is 18.1. The lowest BCUT2D eigenvalue weighted by Gasteiger charge is -2.19. The lowest BCUT2D eigenvalue weighted by atomic mass is 10.0. The second kappa shape index (κ2) is 7.52. The first-order valence-corrected chi connectivity index (χ1v) is 7.22. The molecule has 0 spiro atoms. The molecule has 0 fully saturated rings. The van der Waals surface area contributed by atoms with E-state index in [0.29, 0.717) is 11.3 Å². The normalized spacial score (nSPS) is 11.5. The third kappa shape index (κ3) is 3.97. The number of anilines is 1. The SMILES string of the molecule is COc1cc(F)c(C(Nc2ccc(C(=N)N)cc2)C(=O)O)cc1OC. The molecule has 1 atom stereocenters. The number of carboxylic acid groups (broad SMARTS) is 1. The van der Waals surface area contributed by atoms with Crippen molar-refractivity contribution in [3.8, 4) is 11.5 Å². The predicted molar refractivity (Wildman–Crippen MR) is 91.0 cm³/mol. The number of amidine groups is 1. The molecule has 0 aromatic heterocycles. The Balaban J connectivity index is 2.38. The van der Waals surface area contributed by atoms with Crippen molar-refractivity contribution in [2.75, 3.05) is 19.5 Å². The Morgan fingerprint density at radius 1 is 1.20 bits per heavy atom. The molecule has 2 aromatic carbocycles. The maximum absolute atomic E-state index is 14.4. The van der Waals surface area contributed by atoms with Gasteiger partial charge in [-0.2, -0.15) is 0 Å². The molecule has 0 radical (unpaired) electrons. The van der Waals surface area contributed by atoms with E-state index in [0.717, 1.165) is 6.07 Å². The Morgan fingerprint density at radius 2 is 1.76 bits per heavy atom. The van der Waals surface area contributed by atoms with Crippen molar-refractivity contribution >= 4 is 17.5 Å². The highest BCUT2D eigenvalue weighted by Crippen LogP contribution is 2.33. The van der Waals surface area contributed by atoms with Crippen LogP contribution >= 0.6 is 0 Å². The lowest BCUT2D eigenvalue weighted by Crippen LogP contribution is -2.22. The third-order valence-electron chi connectivity index (χ3n) is 3.57. The van der Waals surface area contributed by atoms with Crippen LogP contribution in [-0.4, -0.2) is 31.1 Å². The number of carboxylic acids is 1. The molecule has 2 rings (SSSR count). The molecular formula is C17H18FN3O4. The molecule has 0 aliphatic rings. The van der Waals surface area contributed by atoms with Crippen LogP contribution in [0.1, 0.15) is 17.2 Å². The summed E-state index contributed by atoms with van der Waals surface area (Å²) in [6.45, 7) is 0. The van der Waals surface area contributed by atoms with Gasteiger partial charge in [0.15, 0.2) is 17.5 Å². The van der Waals surface area contributed by atoms with Gasteiger partial charge in [-0.25, -0.2) is 9.18 Å². The molecule has 0 amide bonds. The Hall–Kier alpha value is -3.29. The largest absolute Gasteiger partial charge is 0.493 e. The number of ether oxygens (including phenoxy) is 2. The summed E-state index contributed by atoms with van der Waals surface area (Å²) in [7, 11) is 2.74. The highest BCUT2D eigenvalue weighted by atomic mass is 19.1.